The molecule has 0 unspecified atom stereocenters. The molecule has 0 radical (unpaired) electrons. The predicted octanol–water partition coefficient (Wildman–Crippen LogP) is 1.71. The van der Waals surface area contributed by atoms with Gasteiger partial charge >= 0.3 is 5.97 Å². The summed E-state index contributed by atoms with van der Waals surface area (Å²) in [6.45, 7) is 7.33. The van der Waals surface area contributed by atoms with Crippen molar-refractivity contribution in [3.63, 3.8) is 0 Å². The van der Waals surface area contributed by atoms with Crippen LogP contribution in [0.4, 0.5) is 0 Å². The fourth-order valence-electron chi connectivity index (χ4n) is 1.11. The summed E-state index contributed by atoms with van der Waals surface area (Å²) in [5, 5.41) is 8.83. The Morgan fingerprint density at radius 2 is 1.83 bits per heavy atom. The highest BCUT2D eigenvalue weighted by molar-refractivity contribution is 5.85. The molecule has 0 aromatic heterocycles. The number of likely N-dealkylation sites (N-methyl/N-ethyl adjacent to an activating group) is 1. The number of aliphatic carboxylic acids is 1. The minimum absolute atomic E-state index is 0.419. The SMILES string of the molecule is CC/C=C(/C(=O)O)N(CC)CC. The molecule has 0 saturated heterocycles. The third-order valence-corrected chi connectivity index (χ3v) is 1.72. The highest BCUT2D eigenvalue weighted by atomic mass is 16.4. The van der Waals surface area contributed by atoms with Gasteiger partial charge in [-0.05, 0) is 20.3 Å². The second-order valence-corrected chi connectivity index (χ2v) is 2.48. The zero-order valence-electron chi connectivity index (χ0n) is 8.00. The summed E-state index contributed by atoms with van der Waals surface area (Å²) in [7, 11) is 0. The van der Waals surface area contributed by atoms with Gasteiger partial charge in [0.2, 0.25) is 0 Å². The number of hydrogen-bond donors (Lipinski definition) is 1. The Morgan fingerprint density at radius 3 is 2.08 bits per heavy atom. The van der Waals surface area contributed by atoms with Crippen LogP contribution in [0, 0.1) is 0 Å². The molecule has 0 bridgehead atoms. The van der Waals surface area contributed by atoms with E-state index in [0.29, 0.717) is 5.70 Å². The summed E-state index contributed by atoms with van der Waals surface area (Å²) >= 11 is 0. The normalized spacial score (nSPS) is 11.4. The summed E-state index contributed by atoms with van der Waals surface area (Å²) in [4.78, 5) is 12.6. The maximum absolute atomic E-state index is 10.7. The van der Waals surface area contributed by atoms with Crippen molar-refractivity contribution in [3.8, 4) is 0 Å². The van der Waals surface area contributed by atoms with Gasteiger partial charge in [0, 0.05) is 13.1 Å². The van der Waals surface area contributed by atoms with Crippen molar-refractivity contribution in [1.29, 1.82) is 0 Å². The Bertz CT molecular complexity index is 171. The van der Waals surface area contributed by atoms with Crippen LogP contribution in [0.1, 0.15) is 27.2 Å². The lowest BCUT2D eigenvalue weighted by molar-refractivity contribution is -0.134. The largest absolute Gasteiger partial charge is 0.477 e. The Morgan fingerprint density at radius 1 is 1.33 bits per heavy atom. The molecule has 0 amide bonds. The lowest BCUT2D eigenvalue weighted by Crippen LogP contribution is -2.27. The van der Waals surface area contributed by atoms with Crippen molar-refractivity contribution in [2.24, 2.45) is 0 Å². The van der Waals surface area contributed by atoms with Crippen LogP contribution in [0.15, 0.2) is 11.8 Å². The van der Waals surface area contributed by atoms with Crippen molar-refractivity contribution in [2.45, 2.75) is 27.2 Å². The zero-order chi connectivity index (χ0) is 9.56. The van der Waals surface area contributed by atoms with Gasteiger partial charge in [-0.1, -0.05) is 13.0 Å². The predicted molar refractivity (Wildman–Crippen MR) is 48.9 cm³/mol. The van der Waals surface area contributed by atoms with E-state index >= 15 is 0 Å². The first-order valence-corrected chi connectivity index (χ1v) is 4.35. The van der Waals surface area contributed by atoms with Crippen LogP contribution in [0.5, 0.6) is 0 Å². The monoisotopic (exact) mass is 171 g/mol. The van der Waals surface area contributed by atoms with Crippen molar-refractivity contribution in [1.82, 2.24) is 4.90 Å². The molecule has 0 aromatic carbocycles. The number of allylic oxidation sites excluding steroid dienone is 1. The molecule has 0 atom stereocenters. The van der Waals surface area contributed by atoms with E-state index in [9.17, 15) is 4.79 Å². The third-order valence-electron chi connectivity index (χ3n) is 1.72. The molecule has 3 nitrogen and oxygen atoms in total. The number of hydrogen-bond acceptors (Lipinski definition) is 2. The molecular formula is C9H17NO2. The van der Waals surface area contributed by atoms with Crippen LogP contribution < -0.4 is 0 Å². The van der Waals surface area contributed by atoms with Gasteiger partial charge in [0.05, 0.1) is 0 Å². The van der Waals surface area contributed by atoms with Crippen LogP contribution in [-0.2, 0) is 4.79 Å². The molecule has 12 heavy (non-hydrogen) atoms. The smallest absolute Gasteiger partial charge is 0.351 e. The van der Waals surface area contributed by atoms with Gasteiger partial charge in [0.15, 0.2) is 0 Å². The standard InChI is InChI=1S/C9H17NO2/c1-4-7-8(9(11)12)10(5-2)6-3/h7H,4-6H2,1-3H3,(H,11,12)/b8-7-. The van der Waals surface area contributed by atoms with E-state index in [2.05, 4.69) is 0 Å². The Labute approximate surface area is 73.7 Å². The van der Waals surface area contributed by atoms with Crippen molar-refractivity contribution < 1.29 is 9.90 Å². The summed E-state index contributed by atoms with van der Waals surface area (Å²) in [6, 6.07) is 0. The molecule has 0 aromatic rings. The molecule has 70 valence electrons. The highest BCUT2D eigenvalue weighted by Gasteiger charge is 2.11. The van der Waals surface area contributed by atoms with Crippen LogP contribution in [0.3, 0.4) is 0 Å². The Balaban J connectivity index is 4.48. The topological polar surface area (TPSA) is 40.5 Å². The number of rotatable bonds is 5. The first-order chi connectivity index (χ1) is 5.67. The average Bonchev–Trinajstić information content (AvgIpc) is 2.05. The van der Waals surface area contributed by atoms with Crippen LogP contribution >= 0.6 is 0 Å². The van der Waals surface area contributed by atoms with E-state index in [1.54, 1.807) is 6.08 Å². The number of carboxylic acid groups (broad SMARTS) is 1. The number of carboxylic acids is 1. The van der Waals surface area contributed by atoms with Gasteiger partial charge in [-0.15, -0.1) is 0 Å². The lowest BCUT2D eigenvalue weighted by Gasteiger charge is -2.20. The van der Waals surface area contributed by atoms with Gasteiger partial charge in [0.25, 0.3) is 0 Å². The average molecular weight is 171 g/mol. The molecule has 0 fully saturated rings. The first-order valence-electron chi connectivity index (χ1n) is 4.35. The zero-order valence-corrected chi connectivity index (χ0v) is 8.00. The maximum Gasteiger partial charge on any atom is 0.351 e. The van der Waals surface area contributed by atoms with Gasteiger partial charge in [0.1, 0.15) is 5.70 Å². The van der Waals surface area contributed by atoms with E-state index in [0.717, 1.165) is 19.5 Å². The van der Waals surface area contributed by atoms with Crippen molar-refractivity contribution >= 4 is 5.97 Å². The van der Waals surface area contributed by atoms with Gasteiger partial charge in [-0.2, -0.15) is 0 Å². The van der Waals surface area contributed by atoms with Gasteiger partial charge in [-0.3, -0.25) is 0 Å². The molecule has 0 saturated carbocycles. The number of carbonyl (C=O) groups is 1. The molecule has 0 aliphatic carbocycles. The third kappa shape index (κ3) is 2.95. The molecule has 0 heterocycles. The molecule has 0 rings (SSSR count). The molecular weight excluding hydrogens is 154 g/mol. The minimum atomic E-state index is -0.833. The fraction of sp³-hybridized carbons (Fsp3) is 0.667. The Hall–Kier alpha value is -0.990. The van der Waals surface area contributed by atoms with Gasteiger partial charge in [-0.25, -0.2) is 4.79 Å². The van der Waals surface area contributed by atoms with Crippen LogP contribution in [0.2, 0.25) is 0 Å². The maximum atomic E-state index is 10.7. The van der Waals surface area contributed by atoms with E-state index < -0.39 is 5.97 Å². The molecule has 3 heteroatoms. The lowest BCUT2D eigenvalue weighted by atomic mass is 10.3. The molecule has 0 aliphatic heterocycles. The van der Waals surface area contributed by atoms with E-state index in [1.807, 2.05) is 25.7 Å². The van der Waals surface area contributed by atoms with E-state index in [4.69, 9.17) is 5.11 Å². The number of nitrogens with zero attached hydrogens (tertiary/aromatic N) is 1. The summed E-state index contributed by atoms with van der Waals surface area (Å²) < 4.78 is 0. The van der Waals surface area contributed by atoms with Crippen molar-refractivity contribution in [2.75, 3.05) is 13.1 Å². The van der Waals surface area contributed by atoms with E-state index in [1.165, 1.54) is 0 Å². The first kappa shape index (κ1) is 11.0. The van der Waals surface area contributed by atoms with E-state index in [-0.39, 0.29) is 0 Å². The molecule has 0 spiro atoms. The molecule has 0 aliphatic rings. The van der Waals surface area contributed by atoms with Crippen LogP contribution in [0.25, 0.3) is 0 Å². The second-order valence-electron chi connectivity index (χ2n) is 2.48. The second kappa shape index (κ2) is 5.63. The minimum Gasteiger partial charge on any atom is -0.477 e. The fourth-order valence-corrected chi connectivity index (χ4v) is 1.11. The summed E-state index contributed by atoms with van der Waals surface area (Å²) in [5.41, 5.74) is 0.419. The van der Waals surface area contributed by atoms with Crippen molar-refractivity contribution in [3.05, 3.63) is 11.8 Å². The Kier molecular flexibility index (Phi) is 5.17. The summed E-state index contributed by atoms with van der Waals surface area (Å²) in [5.74, 6) is -0.833. The highest BCUT2D eigenvalue weighted by Crippen LogP contribution is 2.04. The quantitative estimate of drug-likeness (QED) is 0.640. The summed E-state index contributed by atoms with van der Waals surface area (Å²) in [6.07, 6.45) is 2.51. The van der Waals surface area contributed by atoms with Gasteiger partial charge < -0.3 is 10.0 Å². The molecule has 1 N–H and O–H groups in total. The van der Waals surface area contributed by atoms with Crippen LogP contribution in [-0.4, -0.2) is 29.1 Å².